The van der Waals surface area contributed by atoms with E-state index < -0.39 is 5.91 Å². The van der Waals surface area contributed by atoms with Gasteiger partial charge in [-0.1, -0.05) is 17.7 Å². The number of carbonyl (C=O) groups is 1. The minimum absolute atomic E-state index is 0.420. The van der Waals surface area contributed by atoms with E-state index in [2.05, 4.69) is 0 Å². The van der Waals surface area contributed by atoms with E-state index in [0.29, 0.717) is 10.6 Å². The van der Waals surface area contributed by atoms with Crippen LogP contribution in [0.4, 0.5) is 0 Å². The lowest BCUT2D eigenvalue weighted by Crippen LogP contribution is -2.15. The Kier molecular flexibility index (Phi) is 2.62. The Balaban J connectivity index is 3.53. The zero-order valence-corrected chi connectivity index (χ0v) is 8.70. The highest BCUT2D eigenvalue weighted by molar-refractivity contribution is 6.32. The zero-order valence-electron chi connectivity index (χ0n) is 7.94. The molecule has 1 aromatic rings. The van der Waals surface area contributed by atoms with Crippen LogP contribution in [0.15, 0.2) is 6.07 Å². The molecule has 0 bridgehead atoms. The summed E-state index contributed by atoms with van der Waals surface area (Å²) in [6.45, 7) is 5.58. The molecule has 0 unspecified atom stereocenters. The number of halogens is 1. The van der Waals surface area contributed by atoms with Crippen molar-refractivity contribution in [2.75, 3.05) is 0 Å². The molecule has 1 aromatic carbocycles. The number of rotatable bonds is 1. The highest BCUT2D eigenvalue weighted by Crippen LogP contribution is 2.25. The monoisotopic (exact) mass is 197 g/mol. The Morgan fingerprint density at radius 3 is 2.31 bits per heavy atom. The second-order valence-electron chi connectivity index (χ2n) is 3.19. The van der Waals surface area contributed by atoms with Gasteiger partial charge in [0.1, 0.15) is 0 Å². The molecule has 0 radical (unpaired) electrons. The van der Waals surface area contributed by atoms with Crippen molar-refractivity contribution in [1.29, 1.82) is 0 Å². The van der Waals surface area contributed by atoms with Gasteiger partial charge in [-0.15, -0.1) is 0 Å². The van der Waals surface area contributed by atoms with Gasteiger partial charge in [0.2, 0.25) is 5.91 Å². The number of hydrogen-bond donors (Lipinski definition) is 1. The van der Waals surface area contributed by atoms with Crippen LogP contribution in [0.2, 0.25) is 5.02 Å². The Morgan fingerprint density at radius 2 is 1.85 bits per heavy atom. The van der Waals surface area contributed by atoms with Crippen LogP contribution in [-0.4, -0.2) is 5.91 Å². The number of aryl methyl sites for hydroxylation is 2. The third-order valence-corrected chi connectivity index (χ3v) is 2.71. The van der Waals surface area contributed by atoms with Crippen molar-refractivity contribution < 1.29 is 4.79 Å². The van der Waals surface area contributed by atoms with Crippen LogP contribution in [0.3, 0.4) is 0 Å². The molecule has 2 N–H and O–H groups in total. The number of hydrogen-bond acceptors (Lipinski definition) is 1. The molecule has 0 aliphatic heterocycles. The predicted octanol–water partition coefficient (Wildman–Crippen LogP) is 2.36. The number of amides is 1. The van der Waals surface area contributed by atoms with Crippen LogP contribution in [0.5, 0.6) is 0 Å². The van der Waals surface area contributed by atoms with Crippen molar-refractivity contribution in [1.82, 2.24) is 0 Å². The van der Waals surface area contributed by atoms with Gasteiger partial charge in [0, 0.05) is 10.6 Å². The van der Waals surface area contributed by atoms with E-state index in [0.717, 1.165) is 16.7 Å². The average molecular weight is 198 g/mol. The van der Waals surface area contributed by atoms with Gasteiger partial charge < -0.3 is 5.73 Å². The summed E-state index contributed by atoms with van der Waals surface area (Å²) in [4.78, 5) is 11.1. The first-order valence-electron chi connectivity index (χ1n) is 4.01. The van der Waals surface area contributed by atoms with Gasteiger partial charge in [0.15, 0.2) is 0 Å². The van der Waals surface area contributed by atoms with Crippen LogP contribution in [0.25, 0.3) is 0 Å². The van der Waals surface area contributed by atoms with Crippen molar-refractivity contribution in [3.05, 3.63) is 33.3 Å². The van der Waals surface area contributed by atoms with Crippen LogP contribution in [0, 0.1) is 20.8 Å². The van der Waals surface area contributed by atoms with Crippen molar-refractivity contribution in [3.8, 4) is 0 Å². The zero-order chi connectivity index (χ0) is 10.2. The molecule has 13 heavy (non-hydrogen) atoms. The molecule has 70 valence electrons. The molecule has 1 rings (SSSR count). The lowest BCUT2D eigenvalue weighted by atomic mass is 9.99. The van der Waals surface area contributed by atoms with E-state index in [1.54, 1.807) is 0 Å². The van der Waals surface area contributed by atoms with E-state index in [9.17, 15) is 4.79 Å². The van der Waals surface area contributed by atoms with Gasteiger partial charge in [0.25, 0.3) is 0 Å². The van der Waals surface area contributed by atoms with E-state index >= 15 is 0 Å². The molecule has 2 nitrogen and oxygen atoms in total. The molecule has 0 saturated heterocycles. The smallest absolute Gasteiger partial charge is 0.249 e. The Hall–Kier alpha value is -1.02. The molecule has 0 atom stereocenters. The molecule has 0 heterocycles. The largest absolute Gasteiger partial charge is 0.366 e. The normalized spacial score (nSPS) is 10.2. The van der Waals surface area contributed by atoms with Gasteiger partial charge in [-0.2, -0.15) is 0 Å². The van der Waals surface area contributed by atoms with Crippen molar-refractivity contribution in [3.63, 3.8) is 0 Å². The van der Waals surface area contributed by atoms with Gasteiger partial charge >= 0.3 is 0 Å². The van der Waals surface area contributed by atoms with Gasteiger partial charge in [-0.3, -0.25) is 4.79 Å². The molecule has 3 heteroatoms. The average Bonchev–Trinajstić information content (AvgIpc) is 1.99. The van der Waals surface area contributed by atoms with Crippen LogP contribution in [0.1, 0.15) is 27.0 Å². The quantitative estimate of drug-likeness (QED) is 0.738. The molecule has 0 fully saturated rings. The summed E-state index contributed by atoms with van der Waals surface area (Å²) in [5.41, 5.74) is 8.40. The fourth-order valence-electron chi connectivity index (χ4n) is 1.54. The first kappa shape index (κ1) is 10.1. The van der Waals surface area contributed by atoms with Crippen molar-refractivity contribution in [2.24, 2.45) is 5.73 Å². The fraction of sp³-hybridized carbons (Fsp3) is 0.300. The first-order chi connectivity index (χ1) is 5.95. The molecular weight excluding hydrogens is 186 g/mol. The van der Waals surface area contributed by atoms with Gasteiger partial charge in [0.05, 0.1) is 0 Å². The maximum absolute atomic E-state index is 11.1. The summed E-state index contributed by atoms with van der Waals surface area (Å²) in [7, 11) is 0. The summed E-state index contributed by atoms with van der Waals surface area (Å²) in [5.74, 6) is -0.420. The molecule has 0 aliphatic carbocycles. The number of nitrogens with two attached hydrogens (primary N) is 1. The van der Waals surface area contributed by atoms with Crippen molar-refractivity contribution in [2.45, 2.75) is 20.8 Å². The lowest BCUT2D eigenvalue weighted by molar-refractivity contribution is 0.0999. The van der Waals surface area contributed by atoms with E-state index in [-0.39, 0.29) is 0 Å². The molecule has 1 amide bonds. The Bertz CT molecular complexity index is 372. The minimum Gasteiger partial charge on any atom is -0.366 e. The SMILES string of the molecule is Cc1cc(C)c(C(N)=O)c(C)c1Cl. The second-order valence-corrected chi connectivity index (χ2v) is 3.57. The topological polar surface area (TPSA) is 43.1 Å². The Labute approximate surface area is 82.7 Å². The number of primary amides is 1. The summed E-state index contributed by atoms with van der Waals surface area (Å²) in [6, 6.07) is 1.87. The highest BCUT2D eigenvalue weighted by Gasteiger charge is 2.12. The summed E-state index contributed by atoms with van der Waals surface area (Å²) in [5, 5.41) is 0.624. The third kappa shape index (κ3) is 1.68. The number of carbonyl (C=O) groups excluding carboxylic acids is 1. The van der Waals surface area contributed by atoms with Crippen LogP contribution >= 0.6 is 11.6 Å². The maximum atomic E-state index is 11.1. The lowest BCUT2D eigenvalue weighted by Gasteiger charge is -2.10. The second kappa shape index (κ2) is 3.38. The fourth-order valence-corrected chi connectivity index (χ4v) is 1.69. The third-order valence-electron chi connectivity index (χ3n) is 2.12. The standard InChI is InChI=1S/C10H12ClNO/c1-5-4-6(2)9(11)7(3)8(5)10(12)13/h4H,1-3H3,(H2,12,13). The Morgan fingerprint density at radius 1 is 1.31 bits per heavy atom. The van der Waals surface area contributed by atoms with Crippen LogP contribution < -0.4 is 5.73 Å². The van der Waals surface area contributed by atoms with Crippen LogP contribution in [-0.2, 0) is 0 Å². The number of benzene rings is 1. The summed E-state index contributed by atoms with van der Waals surface area (Å²) < 4.78 is 0. The maximum Gasteiger partial charge on any atom is 0.249 e. The molecule has 0 aromatic heterocycles. The van der Waals surface area contributed by atoms with E-state index in [4.69, 9.17) is 17.3 Å². The van der Waals surface area contributed by atoms with Gasteiger partial charge in [-0.05, 0) is 37.5 Å². The molecule has 0 spiro atoms. The van der Waals surface area contributed by atoms with Gasteiger partial charge in [-0.25, -0.2) is 0 Å². The highest BCUT2D eigenvalue weighted by atomic mass is 35.5. The van der Waals surface area contributed by atoms with E-state index in [1.165, 1.54) is 0 Å². The summed E-state index contributed by atoms with van der Waals surface area (Å²) in [6.07, 6.45) is 0. The molecular formula is C10H12ClNO. The molecule has 0 saturated carbocycles. The summed E-state index contributed by atoms with van der Waals surface area (Å²) >= 11 is 5.99. The van der Waals surface area contributed by atoms with E-state index in [1.807, 2.05) is 26.8 Å². The minimum atomic E-state index is -0.420. The first-order valence-corrected chi connectivity index (χ1v) is 4.39. The molecule has 0 aliphatic rings. The predicted molar refractivity (Wildman–Crippen MR) is 54.2 cm³/mol. The van der Waals surface area contributed by atoms with Crippen molar-refractivity contribution >= 4 is 17.5 Å².